The molecule has 4 nitrogen and oxygen atoms in total. The molecule has 0 aromatic rings. The second-order valence-electron chi connectivity index (χ2n) is 6.52. The van der Waals surface area contributed by atoms with Crippen molar-refractivity contribution < 1.29 is 95.5 Å². The van der Waals surface area contributed by atoms with Crippen molar-refractivity contribution in [1.29, 1.82) is 0 Å². The van der Waals surface area contributed by atoms with Crippen LogP contribution >= 0.6 is 0 Å². The van der Waals surface area contributed by atoms with E-state index in [9.17, 15) is 79.0 Å². The molecule has 204 valence electrons. The van der Waals surface area contributed by atoms with Gasteiger partial charge >= 0.3 is 69.0 Å². The van der Waals surface area contributed by atoms with Crippen molar-refractivity contribution in [2.24, 2.45) is 0 Å². The van der Waals surface area contributed by atoms with E-state index in [1.807, 2.05) is 0 Å². The smallest absolute Gasteiger partial charge is 0.398 e. The zero-order valence-corrected chi connectivity index (χ0v) is 19.4. The maximum absolute atomic E-state index is 13.4. The Hall–Kier alpha value is -0.552. The molecule has 1 saturated heterocycles. The maximum Gasteiger partial charge on any atom is 0.557 e. The monoisotopic (exact) mass is 620 g/mol. The Morgan fingerprint density at radius 3 is 0.559 bits per heavy atom. The van der Waals surface area contributed by atoms with Gasteiger partial charge in [-0.05, 0) is 13.1 Å². The molecule has 34 heavy (non-hydrogen) atoms. The Morgan fingerprint density at radius 2 is 0.471 bits per heavy atom. The minimum Gasteiger partial charge on any atom is -0.398 e. The van der Waals surface area contributed by atoms with Crippen LogP contribution in [0, 0.1) is 0 Å². The van der Waals surface area contributed by atoms with Gasteiger partial charge in [0.05, 0.1) is 0 Å². The molecule has 0 saturated carbocycles. The standard InChI is InChI=1S/C8H6F18O4Si4/c1-31(3(9,10)11)27-33(5(15,16)17,6(18,19)20)29-32(2,4(12,13)14)30-34(28-31,7(21,22)23)8(24,25)26/h1-2H3. The lowest BCUT2D eigenvalue weighted by Gasteiger charge is -2.51. The Kier molecular flexibility index (Phi) is 7.38. The molecule has 0 amide bonds. The molecule has 0 spiro atoms. The highest BCUT2D eigenvalue weighted by Crippen LogP contribution is 2.56. The van der Waals surface area contributed by atoms with Gasteiger partial charge in [0.1, 0.15) is 0 Å². The van der Waals surface area contributed by atoms with Crippen LogP contribution in [0.1, 0.15) is 0 Å². The van der Waals surface area contributed by atoms with Crippen molar-refractivity contribution >= 4 is 34.2 Å². The second-order valence-corrected chi connectivity index (χ2v) is 19.4. The van der Waals surface area contributed by atoms with E-state index >= 15 is 0 Å². The molecule has 1 heterocycles. The van der Waals surface area contributed by atoms with E-state index in [0.29, 0.717) is 0 Å². The first-order valence-corrected chi connectivity index (χ1v) is 15.8. The van der Waals surface area contributed by atoms with Gasteiger partial charge in [0, 0.05) is 0 Å². The topological polar surface area (TPSA) is 36.9 Å². The first-order chi connectivity index (χ1) is 14.3. The summed E-state index contributed by atoms with van der Waals surface area (Å²) < 4.78 is 252. The van der Waals surface area contributed by atoms with Crippen molar-refractivity contribution in [3.8, 4) is 0 Å². The van der Waals surface area contributed by atoms with E-state index in [2.05, 4.69) is 16.5 Å². The summed E-state index contributed by atoms with van der Waals surface area (Å²) in [5.74, 6) is -43.3. The summed E-state index contributed by atoms with van der Waals surface area (Å²) in [7, 11) is -34.4. The first kappa shape index (κ1) is 31.5. The largest absolute Gasteiger partial charge is 0.557 e. The van der Waals surface area contributed by atoms with Gasteiger partial charge < -0.3 is 16.5 Å². The fraction of sp³-hybridized carbons (Fsp3) is 1.00. The molecule has 0 aromatic heterocycles. The number of rotatable bonds is 0. The normalized spacial score (nSPS) is 30.0. The summed E-state index contributed by atoms with van der Waals surface area (Å²) >= 11 is 0. The van der Waals surface area contributed by atoms with Gasteiger partial charge in [-0.25, -0.2) is 0 Å². The number of hydrogen-bond donors (Lipinski definition) is 0. The predicted molar refractivity (Wildman–Crippen MR) is 75.4 cm³/mol. The highest BCUT2D eigenvalue weighted by atomic mass is 28.5. The quantitative estimate of drug-likeness (QED) is 0.257. The molecule has 0 atom stereocenters. The van der Waals surface area contributed by atoms with Gasteiger partial charge in [-0.2, -0.15) is 79.0 Å². The minimum atomic E-state index is -9.12. The number of hydrogen-bond acceptors (Lipinski definition) is 4. The van der Waals surface area contributed by atoms with E-state index in [0.717, 1.165) is 0 Å². The molecule has 26 heteroatoms. The van der Waals surface area contributed by atoms with E-state index in [-0.39, 0.29) is 0 Å². The maximum atomic E-state index is 13.4. The molecular weight excluding hydrogens is 614 g/mol. The van der Waals surface area contributed by atoms with Crippen molar-refractivity contribution in [3.05, 3.63) is 0 Å². The number of halogens is 18. The van der Waals surface area contributed by atoms with Gasteiger partial charge in [-0.15, -0.1) is 0 Å². The third-order valence-electron chi connectivity index (χ3n) is 3.88. The van der Waals surface area contributed by atoms with E-state index in [4.69, 9.17) is 0 Å². The van der Waals surface area contributed by atoms with Crippen LogP contribution in [0.25, 0.3) is 0 Å². The lowest BCUT2D eigenvalue weighted by atomic mass is 11.5. The van der Waals surface area contributed by atoms with Crippen molar-refractivity contribution in [2.45, 2.75) is 47.9 Å². The highest BCUT2D eigenvalue weighted by molar-refractivity contribution is 6.97. The van der Waals surface area contributed by atoms with Gasteiger partial charge in [-0.1, -0.05) is 0 Å². The summed E-state index contributed by atoms with van der Waals surface area (Å²) in [4.78, 5) is 0. The van der Waals surface area contributed by atoms with Gasteiger partial charge in [0.25, 0.3) is 0 Å². The molecular formula is C8H6F18O4Si4. The zero-order chi connectivity index (χ0) is 27.8. The summed E-state index contributed by atoms with van der Waals surface area (Å²) in [5.41, 5.74) is 0. The average Bonchev–Trinajstić information content (AvgIpc) is 2.44. The minimum absolute atomic E-state index is 1.12. The summed E-state index contributed by atoms with van der Waals surface area (Å²) in [6.07, 6.45) is 0. The van der Waals surface area contributed by atoms with E-state index < -0.39 is 82.1 Å². The average molecular weight is 620 g/mol. The molecule has 0 aliphatic carbocycles. The Morgan fingerprint density at radius 1 is 0.324 bits per heavy atom. The molecule has 1 fully saturated rings. The molecule has 0 aromatic carbocycles. The summed E-state index contributed by atoms with van der Waals surface area (Å²) in [6.45, 7) is -2.23. The molecule has 0 radical (unpaired) electrons. The third-order valence-corrected chi connectivity index (χ3v) is 19.8. The number of alkyl halides is 18. The molecule has 1 rings (SSSR count). The lowest BCUT2D eigenvalue weighted by Crippen LogP contribution is -2.85. The van der Waals surface area contributed by atoms with Gasteiger partial charge in [0.2, 0.25) is 0 Å². The van der Waals surface area contributed by atoms with Crippen LogP contribution in [0.5, 0.6) is 0 Å². The fourth-order valence-corrected chi connectivity index (χ4v) is 19.3. The molecule has 1 aliphatic heterocycles. The van der Waals surface area contributed by atoms with Crippen LogP contribution in [0.15, 0.2) is 0 Å². The van der Waals surface area contributed by atoms with Crippen LogP contribution < -0.4 is 0 Å². The SMILES string of the molecule is C[Si]1(C(F)(F)F)O[Si](C(F)(F)F)(C(F)(F)F)O[Si](C)(C(F)(F)F)O[Si](C(F)(F)F)(C(F)(F)F)O1. The Balaban J connectivity index is 4.30. The van der Waals surface area contributed by atoms with Crippen LogP contribution in [0.4, 0.5) is 79.0 Å². The van der Waals surface area contributed by atoms with Crippen LogP contribution in [0.3, 0.4) is 0 Å². The molecule has 1 aliphatic rings. The molecule has 0 bridgehead atoms. The van der Waals surface area contributed by atoms with Crippen molar-refractivity contribution in [3.63, 3.8) is 0 Å². The Bertz CT molecular complexity index is 653. The highest BCUT2D eigenvalue weighted by Gasteiger charge is 2.93. The fourth-order valence-electron chi connectivity index (χ4n) is 2.20. The molecule has 0 unspecified atom stereocenters. The van der Waals surface area contributed by atoms with Crippen molar-refractivity contribution in [1.82, 2.24) is 0 Å². The first-order valence-electron chi connectivity index (χ1n) is 7.53. The van der Waals surface area contributed by atoms with Crippen LogP contribution in [-0.2, 0) is 16.5 Å². The van der Waals surface area contributed by atoms with Gasteiger partial charge in [-0.3, -0.25) is 0 Å². The lowest BCUT2D eigenvalue weighted by molar-refractivity contribution is -0.184. The van der Waals surface area contributed by atoms with E-state index in [1.165, 1.54) is 0 Å². The van der Waals surface area contributed by atoms with E-state index in [1.54, 1.807) is 0 Å². The third kappa shape index (κ3) is 4.86. The summed E-state index contributed by atoms with van der Waals surface area (Å²) in [6, 6.07) is 0. The zero-order valence-electron chi connectivity index (χ0n) is 15.4. The Labute approximate surface area is 178 Å². The van der Waals surface area contributed by atoms with Crippen LogP contribution in [-0.4, -0.2) is 69.0 Å². The predicted octanol–water partition coefficient (Wildman–Crippen LogP) is 5.70. The molecule has 0 N–H and O–H groups in total. The van der Waals surface area contributed by atoms with Gasteiger partial charge in [0.15, 0.2) is 0 Å². The summed E-state index contributed by atoms with van der Waals surface area (Å²) in [5, 5.41) is 0. The van der Waals surface area contributed by atoms with Crippen molar-refractivity contribution in [2.75, 3.05) is 0 Å². The second kappa shape index (κ2) is 7.97. The van der Waals surface area contributed by atoms with Crippen LogP contribution in [0.2, 0.25) is 13.1 Å².